The van der Waals surface area contributed by atoms with E-state index in [9.17, 15) is 4.79 Å². The number of amides is 1. The van der Waals surface area contributed by atoms with E-state index in [-0.39, 0.29) is 0 Å². The van der Waals surface area contributed by atoms with E-state index >= 15 is 0 Å². The van der Waals surface area contributed by atoms with Gasteiger partial charge in [-0.1, -0.05) is 48.3 Å². The maximum Gasteiger partial charge on any atom is 0.431 e. The Labute approximate surface area is 179 Å². The van der Waals surface area contributed by atoms with Crippen molar-refractivity contribution >= 4 is 40.2 Å². The van der Waals surface area contributed by atoms with E-state index in [2.05, 4.69) is 10.5 Å². The van der Waals surface area contributed by atoms with Crippen molar-refractivity contribution in [3.63, 3.8) is 0 Å². The number of rotatable bonds is 6. The van der Waals surface area contributed by atoms with Crippen molar-refractivity contribution in [2.45, 2.75) is 19.8 Å². The number of carbonyl (C=O) groups excluding carboxylic acids is 1. The molecule has 3 aromatic rings. The molecule has 0 radical (unpaired) electrons. The van der Waals surface area contributed by atoms with Crippen molar-refractivity contribution in [3.05, 3.63) is 46.4 Å². The lowest BCUT2D eigenvalue weighted by Gasteiger charge is -2.21. The second kappa shape index (κ2) is 8.22. The maximum absolute atomic E-state index is 12.8. The van der Waals surface area contributed by atoms with Gasteiger partial charge in [0.15, 0.2) is 0 Å². The summed E-state index contributed by atoms with van der Waals surface area (Å²) in [5.74, 6) is 0.944. The molecule has 152 valence electrons. The number of hydrogen-bond donors (Lipinski definition) is 1. The highest BCUT2D eigenvalue weighted by Gasteiger charge is 2.28. The minimum Gasteiger partial charge on any atom is -0.390 e. The predicted molar refractivity (Wildman–Crippen MR) is 115 cm³/mol. The number of nitrogens with one attached hydrogen (secondary N) is 1. The molecule has 0 saturated heterocycles. The van der Waals surface area contributed by atoms with E-state index in [1.165, 1.54) is 0 Å². The van der Waals surface area contributed by atoms with Gasteiger partial charge in [0.2, 0.25) is 5.88 Å². The minimum absolute atomic E-state index is 0.399. The molecule has 0 aliphatic heterocycles. The highest BCUT2D eigenvalue weighted by atomic mass is 35.5. The van der Waals surface area contributed by atoms with Gasteiger partial charge in [-0.15, -0.1) is 0 Å². The predicted octanol–water partition coefficient (Wildman–Crippen LogP) is 5.28. The molecule has 0 bridgehead atoms. The molecule has 1 aliphatic rings. The summed E-state index contributed by atoms with van der Waals surface area (Å²) in [6, 6.07) is 11.1. The molecule has 1 heterocycles. The van der Waals surface area contributed by atoms with Gasteiger partial charge in [0.1, 0.15) is 5.52 Å². The number of benzene rings is 2. The zero-order valence-electron chi connectivity index (χ0n) is 16.3. The first kappa shape index (κ1) is 20.0. The normalized spacial score (nSPS) is 13.7. The quantitative estimate of drug-likeness (QED) is 0.538. The number of halogens is 2. The Morgan fingerprint density at radius 3 is 2.76 bits per heavy atom. The van der Waals surface area contributed by atoms with Gasteiger partial charge in [-0.05, 0) is 37.0 Å². The molecule has 1 N–H and O–H groups in total. The van der Waals surface area contributed by atoms with Gasteiger partial charge in [-0.3, -0.25) is 0 Å². The van der Waals surface area contributed by atoms with Crippen LogP contribution in [-0.4, -0.2) is 34.0 Å². The van der Waals surface area contributed by atoms with E-state index in [0.717, 1.165) is 29.4 Å². The van der Waals surface area contributed by atoms with Crippen LogP contribution in [0.2, 0.25) is 10.0 Å². The second-order valence-corrected chi connectivity index (χ2v) is 8.03. The smallest absolute Gasteiger partial charge is 0.390 e. The molecule has 1 fully saturated rings. The first-order valence-corrected chi connectivity index (χ1v) is 10.4. The van der Waals surface area contributed by atoms with E-state index in [0.29, 0.717) is 40.4 Å². The number of aryl methyl sites for hydroxylation is 1. The standard InChI is InChI=1S/C21H22Cl2N4O2/c1-3-24-27(12-13-7-8-13)21(28)29-20-17-6-4-5-16(19(17)25-26(20)2)15-10-9-14(22)11-18(15)23/h4-6,9-11,13,24H,3,7-8,12H2,1-2H3. The van der Waals surface area contributed by atoms with Crippen LogP contribution in [0, 0.1) is 5.92 Å². The number of nitrogens with zero attached hydrogens (tertiary/aromatic N) is 3. The van der Waals surface area contributed by atoms with Crippen LogP contribution < -0.4 is 10.2 Å². The van der Waals surface area contributed by atoms with Crippen LogP contribution in [0.25, 0.3) is 22.0 Å². The van der Waals surface area contributed by atoms with Gasteiger partial charge in [0.25, 0.3) is 0 Å². The molecule has 1 aromatic heterocycles. The Balaban J connectivity index is 1.69. The molecular weight excluding hydrogens is 411 g/mol. The highest BCUT2D eigenvalue weighted by molar-refractivity contribution is 6.36. The summed E-state index contributed by atoms with van der Waals surface area (Å²) < 4.78 is 7.33. The zero-order chi connectivity index (χ0) is 20.5. The SMILES string of the molecule is CCNN(CC1CC1)C(=O)Oc1c2cccc(-c3ccc(Cl)cc3Cl)c2nn1C. The summed E-state index contributed by atoms with van der Waals surface area (Å²) in [5, 5.41) is 8.00. The third kappa shape index (κ3) is 4.20. The van der Waals surface area contributed by atoms with Crippen molar-refractivity contribution < 1.29 is 9.53 Å². The fourth-order valence-electron chi connectivity index (χ4n) is 3.33. The third-order valence-corrected chi connectivity index (χ3v) is 5.47. The van der Waals surface area contributed by atoms with E-state index < -0.39 is 6.09 Å². The minimum atomic E-state index is -0.432. The fraction of sp³-hybridized carbons (Fsp3) is 0.333. The average Bonchev–Trinajstić information content (AvgIpc) is 3.45. The molecule has 4 rings (SSSR count). The van der Waals surface area contributed by atoms with Crippen LogP contribution in [-0.2, 0) is 7.05 Å². The summed E-state index contributed by atoms with van der Waals surface area (Å²) in [6.07, 6.45) is 1.86. The number of fused-ring (bicyclic) bond motifs is 1. The van der Waals surface area contributed by atoms with Gasteiger partial charge in [-0.25, -0.2) is 19.9 Å². The van der Waals surface area contributed by atoms with Gasteiger partial charge in [0.05, 0.1) is 5.39 Å². The molecule has 1 aliphatic carbocycles. The molecular formula is C21H22Cl2N4O2. The Kier molecular flexibility index (Phi) is 5.67. The van der Waals surface area contributed by atoms with Crippen molar-refractivity contribution in [2.75, 3.05) is 13.1 Å². The number of hydrazine groups is 1. The van der Waals surface area contributed by atoms with E-state index in [1.54, 1.807) is 28.9 Å². The van der Waals surface area contributed by atoms with Gasteiger partial charge >= 0.3 is 6.09 Å². The summed E-state index contributed by atoms with van der Waals surface area (Å²) in [4.78, 5) is 12.8. The fourth-order valence-corrected chi connectivity index (χ4v) is 3.84. The van der Waals surface area contributed by atoms with Crippen molar-refractivity contribution in [3.8, 4) is 17.0 Å². The van der Waals surface area contributed by atoms with Crippen molar-refractivity contribution in [2.24, 2.45) is 13.0 Å². The first-order valence-electron chi connectivity index (χ1n) is 9.62. The Bertz CT molecular complexity index is 1060. The second-order valence-electron chi connectivity index (χ2n) is 7.19. The highest BCUT2D eigenvalue weighted by Crippen LogP contribution is 2.37. The lowest BCUT2D eigenvalue weighted by Crippen LogP contribution is -2.45. The zero-order valence-corrected chi connectivity index (χ0v) is 17.8. The molecule has 1 amide bonds. The Hall–Kier alpha value is -2.28. The monoisotopic (exact) mass is 432 g/mol. The molecule has 2 aromatic carbocycles. The van der Waals surface area contributed by atoms with E-state index in [4.69, 9.17) is 27.9 Å². The molecule has 8 heteroatoms. The van der Waals surface area contributed by atoms with Crippen LogP contribution in [0.1, 0.15) is 19.8 Å². The van der Waals surface area contributed by atoms with E-state index in [1.807, 2.05) is 31.2 Å². The van der Waals surface area contributed by atoms with Crippen LogP contribution in [0.15, 0.2) is 36.4 Å². The molecule has 1 saturated carbocycles. The van der Waals surface area contributed by atoms with Crippen LogP contribution in [0.4, 0.5) is 4.79 Å². The summed E-state index contributed by atoms with van der Waals surface area (Å²) in [6.45, 7) is 3.25. The number of aromatic nitrogens is 2. The van der Waals surface area contributed by atoms with Gasteiger partial charge in [-0.2, -0.15) is 5.10 Å². The van der Waals surface area contributed by atoms with Crippen molar-refractivity contribution in [1.29, 1.82) is 0 Å². The first-order chi connectivity index (χ1) is 14.0. The molecule has 29 heavy (non-hydrogen) atoms. The molecule has 6 nitrogen and oxygen atoms in total. The third-order valence-electron chi connectivity index (χ3n) is 4.92. The summed E-state index contributed by atoms with van der Waals surface area (Å²) in [7, 11) is 1.76. The molecule has 0 spiro atoms. The lowest BCUT2D eigenvalue weighted by atomic mass is 10.0. The van der Waals surface area contributed by atoms with Crippen LogP contribution in [0.5, 0.6) is 5.88 Å². The largest absolute Gasteiger partial charge is 0.431 e. The van der Waals surface area contributed by atoms with Crippen LogP contribution >= 0.6 is 23.2 Å². The average molecular weight is 433 g/mol. The number of hydrogen-bond acceptors (Lipinski definition) is 4. The maximum atomic E-state index is 12.8. The van der Waals surface area contributed by atoms with Crippen molar-refractivity contribution in [1.82, 2.24) is 20.2 Å². The number of ether oxygens (including phenoxy) is 1. The topological polar surface area (TPSA) is 59.4 Å². The lowest BCUT2D eigenvalue weighted by molar-refractivity contribution is 0.122. The Morgan fingerprint density at radius 1 is 1.28 bits per heavy atom. The molecule has 0 unspecified atom stereocenters. The van der Waals surface area contributed by atoms with Crippen LogP contribution in [0.3, 0.4) is 0 Å². The number of carbonyl (C=O) groups is 1. The van der Waals surface area contributed by atoms with Gasteiger partial charge in [0, 0.05) is 41.3 Å². The molecule has 0 atom stereocenters. The Morgan fingerprint density at radius 2 is 2.07 bits per heavy atom. The van der Waals surface area contributed by atoms with Gasteiger partial charge < -0.3 is 4.74 Å². The summed E-state index contributed by atoms with van der Waals surface area (Å²) in [5.41, 5.74) is 5.46. The summed E-state index contributed by atoms with van der Waals surface area (Å²) >= 11 is 12.4.